The topological polar surface area (TPSA) is 9.23 Å². The number of aryl methyl sites for hydroxylation is 1. The largest absolute Gasteiger partial charge is 0.369 e. The molecule has 1 heteroatoms. The first-order chi connectivity index (χ1) is 8.10. The molecular formula is C16H20O. The average Bonchev–Trinajstić information content (AvgIpc) is 2.59. The minimum Gasteiger partial charge on any atom is -0.369 e. The molecule has 17 heavy (non-hydrogen) atoms. The van der Waals surface area contributed by atoms with Crippen molar-refractivity contribution < 1.29 is 4.74 Å². The smallest absolute Gasteiger partial charge is 0.0922 e. The highest BCUT2D eigenvalue weighted by atomic mass is 16.5. The van der Waals surface area contributed by atoms with Crippen LogP contribution in [0, 0.1) is 12.3 Å². The molecule has 90 valence electrons. The fraction of sp³-hybridized carbons (Fsp3) is 0.375. The van der Waals surface area contributed by atoms with Crippen molar-refractivity contribution >= 4 is 0 Å². The lowest BCUT2D eigenvalue weighted by Crippen LogP contribution is -2.21. The van der Waals surface area contributed by atoms with Crippen LogP contribution >= 0.6 is 0 Å². The van der Waals surface area contributed by atoms with Crippen molar-refractivity contribution in [2.75, 3.05) is 6.61 Å². The molecule has 0 saturated carbocycles. The summed E-state index contributed by atoms with van der Waals surface area (Å²) < 4.78 is 5.95. The van der Waals surface area contributed by atoms with Crippen LogP contribution in [0.5, 0.6) is 0 Å². The summed E-state index contributed by atoms with van der Waals surface area (Å²) in [6, 6.07) is 6.61. The van der Waals surface area contributed by atoms with Gasteiger partial charge >= 0.3 is 0 Å². The van der Waals surface area contributed by atoms with Gasteiger partial charge < -0.3 is 4.74 Å². The van der Waals surface area contributed by atoms with Gasteiger partial charge in [-0.25, -0.2) is 0 Å². The van der Waals surface area contributed by atoms with E-state index in [0.717, 1.165) is 6.42 Å². The second-order valence-corrected chi connectivity index (χ2v) is 5.09. The Morgan fingerprint density at radius 2 is 2.24 bits per heavy atom. The molecule has 2 rings (SSSR count). The van der Waals surface area contributed by atoms with Crippen molar-refractivity contribution in [2.24, 2.45) is 5.41 Å². The lowest BCUT2D eigenvalue weighted by molar-refractivity contribution is 0.0126. The van der Waals surface area contributed by atoms with Crippen LogP contribution in [0.15, 0.2) is 43.5 Å². The molecule has 2 atom stereocenters. The molecule has 1 aliphatic carbocycles. The van der Waals surface area contributed by atoms with Crippen LogP contribution in [-0.2, 0) is 11.2 Å². The number of fused-ring (bicyclic) bond motifs is 1. The van der Waals surface area contributed by atoms with Crippen molar-refractivity contribution in [1.29, 1.82) is 0 Å². The Hall–Kier alpha value is -1.34. The van der Waals surface area contributed by atoms with Gasteiger partial charge in [0.15, 0.2) is 0 Å². The number of rotatable bonds is 4. The summed E-state index contributed by atoms with van der Waals surface area (Å²) in [7, 11) is 0. The van der Waals surface area contributed by atoms with E-state index in [-0.39, 0.29) is 11.5 Å². The van der Waals surface area contributed by atoms with Gasteiger partial charge in [0.1, 0.15) is 0 Å². The fourth-order valence-electron chi connectivity index (χ4n) is 2.60. The maximum Gasteiger partial charge on any atom is 0.0922 e. The summed E-state index contributed by atoms with van der Waals surface area (Å²) in [4.78, 5) is 0. The number of ether oxygens (including phenoxy) is 1. The van der Waals surface area contributed by atoms with Crippen LogP contribution in [0.25, 0.3) is 0 Å². The molecule has 0 amide bonds. The summed E-state index contributed by atoms with van der Waals surface area (Å²) in [5.41, 5.74) is 3.98. The number of hydrogen-bond acceptors (Lipinski definition) is 1. The summed E-state index contributed by atoms with van der Waals surface area (Å²) in [6.07, 6.45) is 4.94. The number of hydrogen-bond donors (Lipinski definition) is 0. The maximum absolute atomic E-state index is 5.95. The molecule has 1 aromatic carbocycles. The zero-order chi connectivity index (χ0) is 12.5. The third-order valence-corrected chi connectivity index (χ3v) is 3.60. The average molecular weight is 228 g/mol. The van der Waals surface area contributed by atoms with Gasteiger partial charge in [0.25, 0.3) is 0 Å². The van der Waals surface area contributed by atoms with Crippen molar-refractivity contribution in [3.05, 3.63) is 60.2 Å². The van der Waals surface area contributed by atoms with Gasteiger partial charge in [-0.05, 0) is 24.5 Å². The van der Waals surface area contributed by atoms with Crippen LogP contribution in [0.3, 0.4) is 0 Å². The van der Waals surface area contributed by atoms with Gasteiger partial charge in [-0.15, -0.1) is 13.2 Å². The SMILES string of the molecule is C=CCO[C@H]1c2cc(C)ccc2C[C@]1(C)C=C. The molecule has 1 aromatic rings. The first-order valence-corrected chi connectivity index (χ1v) is 6.06. The predicted octanol–water partition coefficient (Wildman–Crippen LogP) is 3.99. The van der Waals surface area contributed by atoms with E-state index in [0.29, 0.717) is 6.61 Å². The Morgan fingerprint density at radius 3 is 2.88 bits per heavy atom. The zero-order valence-corrected chi connectivity index (χ0v) is 10.7. The first kappa shape index (κ1) is 12.1. The van der Waals surface area contributed by atoms with Crippen LogP contribution in [0.4, 0.5) is 0 Å². The molecule has 0 aromatic heterocycles. The Morgan fingerprint density at radius 1 is 1.47 bits per heavy atom. The molecule has 0 fully saturated rings. The molecule has 0 aliphatic heterocycles. The van der Waals surface area contributed by atoms with Crippen LogP contribution in [-0.4, -0.2) is 6.61 Å². The lowest BCUT2D eigenvalue weighted by Gasteiger charge is -2.28. The summed E-state index contributed by atoms with van der Waals surface area (Å²) in [5.74, 6) is 0. The second-order valence-electron chi connectivity index (χ2n) is 5.09. The summed E-state index contributed by atoms with van der Waals surface area (Å²) in [6.45, 7) is 12.6. The third kappa shape index (κ3) is 2.07. The minimum atomic E-state index is -0.000856. The Labute approximate surface area is 104 Å². The molecular weight excluding hydrogens is 208 g/mol. The molecule has 0 radical (unpaired) electrons. The normalized spacial score (nSPS) is 26.6. The van der Waals surface area contributed by atoms with Gasteiger partial charge in [0.05, 0.1) is 12.7 Å². The molecule has 0 N–H and O–H groups in total. The molecule has 0 spiro atoms. The minimum absolute atomic E-state index is 0.000856. The molecule has 1 nitrogen and oxygen atoms in total. The Bertz CT molecular complexity index is 447. The molecule has 0 bridgehead atoms. The van der Waals surface area contributed by atoms with Gasteiger partial charge in [0.2, 0.25) is 0 Å². The van der Waals surface area contributed by atoms with Crippen molar-refractivity contribution in [3.63, 3.8) is 0 Å². The van der Waals surface area contributed by atoms with Gasteiger partial charge in [-0.1, -0.05) is 42.8 Å². The molecule has 0 heterocycles. The zero-order valence-electron chi connectivity index (χ0n) is 10.7. The van der Waals surface area contributed by atoms with Gasteiger partial charge in [-0.2, -0.15) is 0 Å². The van der Waals surface area contributed by atoms with E-state index in [1.807, 2.05) is 6.08 Å². The maximum atomic E-state index is 5.95. The third-order valence-electron chi connectivity index (χ3n) is 3.60. The molecule has 0 saturated heterocycles. The van der Waals surface area contributed by atoms with Crippen LogP contribution in [0.2, 0.25) is 0 Å². The molecule has 0 unspecified atom stereocenters. The van der Waals surface area contributed by atoms with Crippen LogP contribution in [0.1, 0.15) is 29.7 Å². The van der Waals surface area contributed by atoms with E-state index < -0.39 is 0 Å². The van der Waals surface area contributed by atoms with Gasteiger partial charge in [0, 0.05) is 5.41 Å². The fourth-order valence-corrected chi connectivity index (χ4v) is 2.60. The standard InChI is InChI=1S/C16H20O/c1-5-9-17-15-14-10-12(3)7-8-13(14)11-16(15,4)6-2/h5-8,10,15H,1-2,9,11H2,3-4H3/t15-,16-/m0/s1. The molecule has 1 aliphatic rings. The van der Waals surface area contributed by atoms with E-state index in [9.17, 15) is 0 Å². The van der Waals surface area contributed by atoms with E-state index in [4.69, 9.17) is 4.74 Å². The monoisotopic (exact) mass is 228 g/mol. The van der Waals surface area contributed by atoms with E-state index in [1.54, 1.807) is 6.08 Å². The first-order valence-electron chi connectivity index (χ1n) is 6.06. The Kier molecular flexibility index (Phi) is 3.21. The van der Waals surface area contributed by atoms with Crippen molar-refractivity contribution in [2.45, 2.75) is 26.4 Å². The highest BCUT2D eigenvalue weighted by molar-refractivity contribution is 5.41. The van der Waals surface area contributed by atoms with Crippen LogP contribution < -0.4 is 0 Å². The van der Waals surface area contributed by atoms with Crippen molar-refractivity contribution in [3.8, 4) is 0 Å². The highest BCUT2D eigenvalue weighted by Gasteiger charge is 2.40. The van der Waals surface area contributed by atoms with Crippen molar-refractivity contribution in [1.82, 2.24) is 0 Å². The van der Waals surface area contributed by atoms with E-state index >= 15 is 0 Å². The summed E-state index contributed by atoms with van der Waals surface area (Å²) in [5, 5.41) is 0. The quantitative estimate of drug-likeness (QED) is 0.708. The Balaban J connectivity index is 2.40. The van der Waals surface area contributed by atoms with Gasteiger partial charge in [-0.3, -0.25) is 0 Å². The van der Waals surface area contributed by atoms with E-state index in [1.165, 1.54) is 16.7 Å². The second kappa shape index (κ2) is 4.50. The predicted molar refractivity (Wildman–Crippen MR) is 72.1 cm³/mol. The highest BCUT2D eigenvalue weighted by Crippen LogP contribution is 2.48. The summed E-state index contributed by atoms with van der Waals surface area (Å²) >= 11 is 0. The van der Waals surface area contributed by atoms with E-state index in [2.05, 4.69) is 45.2 Å². The number of benzene rings is 1. The lowest BCUT2D eigenvalue weighted by atomic mass is 9.85.